The molecule has 0 bridgehead atoms. The summed E-state index contributed by atoms with van der Waals surface area (Å²) in [6.07, 6.45) is 1.38. The Kier molecular flexibility index (Phi) is 22.8. The van der Waals surface area contributed by atoms with Crippen LogP contribution >= 0.6 is 0 Å². The minimum Gasteiger partial charge on any atom is -0.355 e. The number of carbonyl (C=O) groups is 6. The molecule has 0 aromatic heterocycles. The van der Waals surface area contributed by atoms with E-state index < -0.39 is 21.7 Å². The maximum absolute atomic E-state index is 12.7. The van der Waals surface area contributed by atoms with Gasteiger partial charge in [0.15, 0.2) is 0 Å². The lowest BCUT2D eigenvalue weighted by Crippen LogP contribution is -2.42. The molecule has 9 nitrogen and oxygen atoms in total. The number of Topliss-reactive ketones (excluding diaryl/α,β-unsaturated/α-hetero) is 3. The second-order valence-electron chi connectivity index (χ2n) is 21.5. The van der Waals surface area contributed by atoms with Crippen LogP contribution < -0.4 is 16.0 Å². The molecule has 9 heteroatoms. The Hall–Kier alpha value is -4.14. The molecule has 0 spiro atoms. The summed E-state index contributed by atoms with van der Waals surface area (Å²) in [5.74, 6) is 0.232. The van der Waals surface area contributed by atoms with E-state index in [2.05, 4.69) is 16.0 Å². The van der Waals surface area contributed by atoms with Crippen molar-refractivity contribution < 1.29 is 28.8 Å². The summed E-state index contributed by atoms with van der Waals surface area (Å²) < 4.78 is 0. The molecule has 0 saturated carbocycles. The average molecular weight is 822 g/mol. The molecule has 0 heterocycles. The van der Waals surface area contributed by atoms with Gasteiger partial charge in [0, 0.05) is 64.3 Å². The molecule has 2 aromatic rings. The maximum Gasteiger partial charge on any atom is 0.225 e. The monoisotopic (exact) mass is 822 g/mol. The zero-order chi connectivity index (χ0) is 45.5. The van der Waals surface area contributed by atoms with E-state index in [1.807, 2.05) is 185 Å². The molecule has 334 valence electrons. The second kappa shape index (κ2) is 23.6. The van der Waals surface area contributed by atoms with Gasteiger partial charge in [-0.2, -0.15) is 0 Å². The maximum atomic E-state index is 12.7. The van der Waals surface area contributed by atoms with Crippen molar-refractivity contribution in [3.05, 3.63) is 71.8 Å². The van der Waals surface area contributed by atoms with Crippen LogP contribution in [0, 0.1) is 38.4 Å². The van der Waals surface area contributed by atoms with Gasteiger partial charge in [0.2, 0.25) is 17.7 Å². The minimum atomic E-state index is -0.474. The van der Waals surface area contributed by atoms with Gasteiger partial charge in [-0.15, -0.1) is 0 Å². The van der Waals surface area contributed by atoms with Gasteiger partial charge >= 0.3 is 0 Å². The Morgan fingerprint density at radius 2 is 0.898 bits per heavy atom. The van der Waals surface area contributed by atoms with E-state index in [0.29, 0.717) is 32.4 Å². The van der Waals surface area contributed by atoms with Crippen molar-refractivity contribution in [2.45, 2.75) is 157 Å². The van der Waals surface area contributed by atoms with Crippen molar-refractivity contribution in [3.63, 3.8) is 0 Å². The fraction of sp³-hybridized carbons (Fsp3) is 0.640. The topological polar surface area (TPSA) is 139 Å². The van der Waals surface area contributed by atoms with Gasteiger partial charge in [-0.25, -0.2) is 0 Å². The van der Waals surface area contributed by atoms with Crippen molar-refractivity contribution in [1.29, 1.82) is 0 Å². The summed E-state index contributed by atoms with van der Waals surface area (Å²) in [7, 11) is 0. The Morgan fingerprint density at radius 1 is 0.492 bits per heavy atom. The average Bonchev–Trinajstić information content (AvgIpc) is 3.08. The van der Waals surface area contributed by atoms with Gasteiger partial charge in [0.1, 0.15) is 17.3 Å². The molecule has 0 aliphatic rings. The Bertz CT molecular complexity index is 1570. The normalized spacial score (nSPS) is 13.1. The van der Waals surface area contributed by atoms with E-state index in [4.69, 9.17) is 0 Å². The molecular weight excluding hydrogens is 739 g/mol. The molecule has 0 unspecified atom stereocenters. The first-order chi connectivity index (χ1) is 26.1. The molecule has 0 fully saturated rings. The van der Waals surface area contributed by atoms with Crippen LogP contribution in [-0.4, -0.2) is 48.2 Å². The summed E-state index contributed by atoms with van der Waals surface area (Å²) in [4.78, 5) is 72.4. The highest BCUT2D eigenvalue weighted by Crippen LogP contribution is 2.27. The lowest BCUT2D eigenvalue weighted by Gasteiger charge is -2.26. The van der Waals surface area contributed by atoms with E-state index >= 15 is 0 Å². The molecule has 0 radical (unpaired) electrons. The molecule has 0 saturated heterocycles. The molecule has 0 aliphatic heterocycles. The van der Waals surface area contributed by atoms with E-state index in [1.165, 1.54) is 0 Å². The number of nitrogens with one attached hydrogen (secondary N) is 3. The molecule has 2 atom stereocenters. The first-order valence-electron chi connectivity index (χ1n) is 20.7. The van der Waals surface area contributed by atoms with Crippen molar-refractivity contribution in [2.24, 2.45) is 38.4 Å². The fourth-order valence-corrected chi connectivity index (χ4v) is 4.98. The summed E-state index contributed by atoms with van der Waals surface area (Å²) in [6.45, 7) is 34.8. The predicted molar refractivity (Wildman–Crippen MR) is 245 cm³/mol. The Labute approximate surface area is 359 Å². The number of rotatable bonds is 12. The third kappa shape index (κ3) is 23.3. The van der Waals surface area contributed by atoms with Crippen LogP contribution in [0.2, 0.25) is 0 Å². The van der Waals surface area contributed by atoms with E-state index in [9.17, 15) is 28.8 Å². The number of amides is 3. The molecule has 2 aromatic carbocycles. The SMILES string of the molecule is C.CC(C)(C)C(=O)CCNC(=O)C(C)(C)C.CC(C)(C)C(=O)C[C@H](NC(=O)C(C)(C)C)c1ccccc1.CC(C)(C)C(=O)NC[C@@H](Cc1ccccc1)C(=O)C(C)(C)C. The van der Waals surface area contributed by atoms with Gasteiger partial charge in [0.25, 0.3) is 0 Å². The summed E-state index contributed by atoms with van der Waals surface area (Å²) in [6, 6.07) is 19.4. The number of hydrogen-bond donors (Lipinski definition) is 3. The van der Waals surface area contributed by atoms with Crippen LogP contribution in [0.25, 0.3) is 0 Å². The second-order valence-corrected chi connectivity index (χ2v) is 21.5. The number of carbonyl (C=O) groups excluding carboxylic acids is 6. The van der Waals surface area contributed by atoms with E-state index in [-0.39, 0.29) is 65.3 Å². The van der Waals surface area contributed by atoms with Gasteiger partial charge in [-0.3, -0.25) is 28.8 Å². The third-order valence-electron chi connectivity index (χ3n) is 9.19. The predicted octanol–water partition coefficient (Wildman–Crippen LogP) is 10.3. The standard InChI is InChI=1S/C19H29NO2.C18H27NO2.C12H23NO2.CH4/c1-18(2,3)16(21)15(12-14-10-8-7-9-11-14)13-20-17(22)19(4,5)6;1-17(2,3)15(20)12-14(13-10-8-7-9-11-13)19-16(21)18(4,5)6;1-11(2,3)9(14)7-8-13-10(15)12(4,5)6;/h7-11,15H,12-13H2,1-6H3,(H,20,22);7-11,14H,12H2,1-6H3,(H,19,21);7-8H2,1-6H3,(H,13,15);1H4/t15-;14-;;/m10../s1. The molecular formula is C50H83N3O6. The van der Waals surface area contributed by atoms with Crippen molar-refractivity contribution in [2.75, 3.05) is 13.1 Å². The largest absolute Gasteiger partial charge is 0.355 e. The van der Waals surface area contributed by atoms with Gasteiger partial charge in [-0.05, 0) is 17.5 Å². The van der Waals surface area contributed by atoms with Gasteiger partial charge < -0.3 is 16.0 Å². The lowest BCUT2D eigenvalue weighted by molar-refractivity contribution is -0.132. The smallest absolute Gasteiger partial charge is 0.225 e. The molecule has 3 amide bonds. The van der Waals surface area contributed by atoms with Crippen LogP contribution in [0.3, 0.4) is 0 Å². The lowest BCUT2D eigenvalue weighted by atomic mass is 9.80. The molecule has 2 rings (SSSR count). The van der Waals surface area contributed by atoms with Gasteiger partial charge in [0.05, 0.1) is 6.04 Å². The van der Waals surface area contributed by atoms with Crippen molar-refractivity contribution in [1.82, 2.24) is 16.0 Å². The van der Waals surface area contributed by atoms with Crippen LogP contribution in [0.15, 0.2) is 60.7 Å². The highest BCUT2D eigenvalue weighted by atomic mass is 16.2. The zero-order valence-electron chi connectivity index (χ0n) is 39.4. The minimum absolute atomic E-state index is 0. The summed E-state index contributed by atoms with van der Waals surface area (Å²) in [5, 5.41) is 8.72. The van der Waals surface area contributed by atoms with Gasteiger partial charge in [-0.1, -0.05) is 193 Å². The fourth-order valence-electron chi connectivity index (χ4n) is 4.98. The summed E-state index contributed by atoms with van der Waals surface area (Å²) in [5.41, 5.74) is -0.342. The quantitative estimate of drug-likeness (QED) is 0.195. The molecule has 0 aliphatic carbocycles. The van der Waals surface area contributed by atoms with Crippen LogP contribution in [-0.2, 0) is 35.2 Å². The van der Waals surface area contributed by atoms with E-state index in [1.54, 1.807) is 0 Å². The Morgan fingerprint density at radius 3 is 1.29 bits per heavy atom. The first kappa shape index (κ1) is 57.0. The van der Waals surface area contributed by atoms with Crippen molar-refractivity contribution in [3.8, 4) is 0 Å². The number of benzene rings is 2. The highest BCUT2D eigenvalue weighted by Gasteiger charge is 2.32. The first-order valence-corrected chi connectivity index (χ1v) is 20.7. The van der Waals surface area contributed by atoms with Crippen LogP contribution in [0.1, 0.15) is 162 Å². The number of ketones is 3. The zero-order valence-corrected chi connectivity index (χ0v) is 39.4. The summed E-state index contributed by atoms with van der Waals surface area (Å²) >= 11 is 0. The Balaban J connectivity index is 0. The number of hydrogen-bond acceptors (Lipinski definition) is 6. The third-order valence-corrected chi connectivity index (χ3v) is 9.19. The molecule has 3 N–H and O–H groups in total. The highest BCUT2D eigenvalue weighted by molar-refractivity contribution is 5.88. The van der Waals surface area contributed by atoms with Crippen LogP contribution in [0.4, 0.5) is 0 Å². The van der Waals surface area contributed by atoms with E-state index in [0.717, 1.165) is 11.1 Å². The van der Waals surface area contributed by atoms with Crippen LogP contribution in [0.5, 0.6) is 0 Å². The molecule has 59 heavy (non-hydrogen) atoms. The van der Waals surface area contributed by atoms with Crippen molar-refractivity contribution >= 4 is 35.1 Å².